The summed E-state index contributed by atoms with van der Waals surface area (Å²) in [6.07, 6.45) is 3.15. The first-order chi connectivity index (χ1) is 9.19. The van der Waals surface area contributed by atoms with Gasteiger partial charge in [0.15, 0.2) is 0 Å². The second kappa shape index (κ2) is 5.89. The minimum Gasteiger partial charge on any atom is -0.469 e. The Hall–Kier alpha value is -1.81. The van der Waals surface area contributed by atoms with E-state index in [1.807, 2.05) is 16.8 Å². The summed E-state index contributed by atoms with van der Waals surface area (Å²) in [5, 5.41) is 10.2. The largest absolute Gasteiger partial charge is 0.469 e. The van der Waals surface area contributed by atoms with Crippen LogP contribution >= 0.6 is 0 Å². The van der Waals surface area contributed by atoms with Crippen LogP contribution < -0.4 is 0 Å². The van der Waals surface area contributed by atoms with Crippen molar-refractivity contribution in [2.75, 3.05) is 13.7 Å². The molecule has 0 fully saturated rings. The second-order valence-electron chi connectivity index (χ2n) is 4.53. The van der Waals surface area contributed by atoms with Crippen LogP contribution in [0, 0.1) is 0 Å². The van der Waals surface area contributed by atoms with Gasteiger partial charge in [-0.2, -0.15) is 0 Å². The highest BCUT2D eigenvalue weighted by Gasteiger charge is 2.12. The molecule has 0 aliphatic heterocycles. The lowest BCUT2D eigenvalue weighted by Gasteiger charge is -2.03. The summed E-state index contributed by atoms with van der Waals surface area (Å²) in [6.45, 7) is 2.71. The van der Waals surface area contributed by atoms with Crippen LogP contribution in [0.5, 0.6) is 0 Å². The smallest absolute Gasteiger partial charge is 0.310 e. The Kier molecular flexibility index (Phi) is 4.22. The van der Waals surface area contributed by atoms with Crippen LogP contribution in [0.15, 0.2) is 24.4 Å². The molecule has 0 aliphatic carbocycles. The molecule has 0 saturated carbocycles. The lowest BCUT2D eigenvalue weighted by atomic mass is 10.1. The molecular weight excluding hydrogens is 242 g/mol. The number of aromatic nitrogens is 1. The predicted molar refractivity (Wildman–Crippen MR) is 74.1 cm³/mol. The number of aryl methyl sites for hydroxylation is 1. The molecule has 4 heteroatoms. The number of hydrogen-bond acceptors (Lipinski definition) is 3. The van der Waals surface area contributed by atoms with E-state index >= 15 is 0 Å². The van der Waals surface area contributed by atoms with Gasteiger partial charge in [-0.3, -0.25) is 4.79 Å². The van der Waals surface area contributed by atoms with Gasteiger partial charge in [-0.1, -0.05) is 13.0 Å². The van der Waals surface area contributed by atoms with Gasteiger partial charge < -0.3 is 14.4 Å². The molecule has 1 N–H and O–H groups in total. The Morgan fingerprint density at radius 1 is 1.42 bits per heavy atom. The molecule has 0 radical (unpaired) electrons. The lowest BCUT2D eigenvalue weighted by Crippen LogP contribution is -2.04. The van der Waals surface area contributed by atoms with E-state index in [2.05, 4.69) is 19.1 Å². The van der Waals surface area contributed by atoms with Crippen molar-refractivity contribution in [2.45, 2.75) is 26.3 Å². The maximum Gasteiger partial charge on any atom is 0.310 e. The van der Waals surface area contributed by atoms with Gasteiger partial charge in [-0.05, 0) is 29.7 Å². The summed E-state index contributed by atoms with van der Waals surface area (Å²) in [5.74, 6) is -0.245. The fourth-order valence-electron chi connectivity index (χ4n) is 2.30. The van der Waals surface area contributed by atoms with Crippen molar-refractivity contribution in [1.82, 2.24) is 4.57 Å². The van der Waals surface area contributed by atoms with Crippen LogP contribution in [0.3, 0.4) is 0 Å². The predicted octanol–water partition coefficient (Wildman–Crippen LogP) is 1.91. The van der Waals surface area contributed by atoms with E-state index in [1.54, 1.807) is 0 Å². The summed E-state index contributed by atoms with van der Waals surface area (Å²) in [5.41, 5.74) is 3.23. The van der Waals surface area contributed by atoms with Crippen LogP contribution in [0.4, 0.5) is 0 Å². The first kappa shape index (κ1) is 13.6. The van der Waals surface area contributed by atoms with E-state index in [0.717, 1.165) is 22.9 Å². The first-order valence-electron chi connectivity index (χ1n) is 6.48. The number of ether oxygens (including phenoxy) is 1. The van der Waals surface area contributed by atoms with Gasteiger partial charge in [0.05, 0.1) is 20.1 Å². The van der Waals surface area contributed by atoms with Crippen molar-refractivity contribution >= 4 is 16.9 Å². The fourth-order valence-corrected chi connectivity index (χ4v) is 2.30. The van der Waals surface area contributed by atoms with E-state index in [4.69, 9.17) is 9.84 Å². The molecule has 1 heterocycles. The molecule has 19 heavy (non-hydrogen) atoms. The molecular formula is C15H19NO3. The highest BCUT2D eigenvalue weighted by molar-refractivity contribution is 5.88. The van der Waals surface area contributed by atoms with Gasteiger partial charge in [0.25, 0.3) is 0 Å². The Balaban J connectivity index is 2.51. The number of carbonyl (C=O) groups is 1. The van der Waals surface area contributed by atoms with Crippen molar-refractivity contribution in [3.63, 3.8) is 0 Å². The number of aliphatic hydroxyl groups excluding tert-OH is 1. The van der Waals surface area contributed by atoms with Gasteiger partial charge >= 0.3 is 5.97 Å². The molecule has 0 spiro atoms. The Morgan fingerprint density at radius 2 is 2.21 bits per heavy atom. The standard InChI is InChI=1S/C15H19NO3/c1-3-11-4-5-14-13(8-11)12(9-15(18)19-2)10-16(14)6-7-17/h4-5,8,10,17H,3,6-7,9H2,1-2H3. The molecule has 0 saturated heterocycles. The highest BCUT2D eigenvalue weighted by Crippen LogP contribution is 2.24. The van der Waals surface area contributed by atoms with Gasteiger partial charge in [-0.25, -0.2) is 0 Å². The third-order valence-electron chi connectivity index (χ3n) is 3.34. The maximum atomic E-state index is 11.5. The summed E-state index contributed by atoms with van der Waals surface area (Å²) >= 11 is 0. The average Bonchev–Trinajstić information content (AvgIpc) is 2.76. The number of methoxy groups -OCH3 is 1. The molecule has 0 amide bonds. The van der Waals surface area contributed by atoms with Crippen LogP contribution in [-0.2, 0) is 28.9 Å². The summed E-state index contributed by atoms with van der Waals surface area (Å²) in [7, 11) is 1.40. The first-order valence-corrected chi connectivity index (χ1v) is 6.48. The Labute approximate surface area is 112 Å². The molecule has 2 rings (SSSR count). The van der Waals surface area contributed by atoms with Gasteiger partial charge in [0, 0.05) is 23.6 Å². The topological polar surface area (TPSA) is 51.5 Å². The molecule has 0 atom stereocenters. The third kappa shape index (κ3) is 2.79. The van der Waals surface area contributed by atoms with Crippen molar-refractivity contribution in [2.24, 2.45) is 0 Å². The number of fused-ring (bicyclic) bond motifs is 1. The van der Waals surface area contributed by atoms with Gasteiger partial charge in [0.1, 0.15) is 0 Å². The number of benzene rings is 1. The van der Waals surface area contributed by atoms with Crippen LogP contribution in [0.25, 0.3) is 10.9 Å². The summed E-state index contributed by atoms with van der Waals surface area (Å²) in [6, 6.07) is 6.24. The molecule has 102 valence electrons. The summed E-state index contributed by atoms with van der Waals surface area (Å²) < 4.78 is 6.71. The van der Waals surface area contributed by atoms with Crippen molar-refractivity contribution in [3.05, 3.63) is 35.5 Å². The van der Waals surface area contributed by atoms with E-state index in [0.29, 0.717) is 6.54 Å². The van der Waals surface area contributed by atoms with Crippen LogP contribution in [0.1, 0.15) is 18.1 Å². The number of esters is 1. The second-order valence-corrected chi connectivity index (χ2v) is 4.53. The Bertz CT molecular complexity index is 586. The zero-order valence-electron chi connectivity index (χ0n) is 11.3. The molecule has 1 aromatic heterocycles. The number of hydrogen-bond donors (Lipinski definition) is 1. The van der Waals surface area contributed by atoms with Gasteiger partial charge in [-0.15, -0.1) is 0 Å². The maximum absolute atomic E-state index is 11.5. The zero-order chi connectivity index (χ0) is 13.8. The lowest BCUT2D eigenvalue weighted by molar-refractivity contribution is -0.139. The van der Waals surface area contributed by atoms with Crippen LogP contribution in [-0.4, -0.2) is 29.4 Å². The molecule has 2 aromatic rings. The molecule has 0 bridgehead atoms. The SMILES string of the molecule is CCc1ccc2c(c1)c(CC(=O)OC)cn2CCO. The third-order valence-corrected chi connectivity index (χ3v) is 3.34. The quantitative estimate of drug-likeness (QED) is 0.836. The van der Waals surface area contributed by atoms with Crippen molar-refractivity contribution < 1.29 is 14.6 Å². The summed E-state index contributed by atoms with van der Waals surface area (Å²) in [4.78, 5) is 11.5. The minimum atomic E-state index is -0.245. The molecule has 0 aliphatic rings. The molecule has 4 nitrogen and oxygen atoms in total. The van der Waals surface area contributed by atoms with Gasteiger partial charge in [0.2, 0.25) is 0 Å². The van der Waals surface area contributed by atoms with Crippen LogP contribution in [0.2, 0.25) is 0 Å². The molecule has 0 unspecified atom stereocenters. The number of aliphatic hydroxyl groups is 1. The number of nitrogens with zero attached hydrogens (tertiary/aromatic N) is 1. The van der Waals surface area contributed by atoms with E-state index in [-0.39, 0.29) is 19.0 Å². The Morgan fingerprint density at radius 3 is 2.84 bits per heavy atom. The van der Waals surface area contributed by atoms with E-state index in [1.165, 1.54) is 12.7 Å². The number of rotatable bonds is 5. The number of carbonyl (C=O) groups excluding carboxylic acids is 1. The monoisotopic (exact) mass is 261 g/mol. The molecule has 1 aromatic carbocycles. The van der Waals surface area contributed by atoms with Crippen molar-refractivity contribution in [1.29, 1.82) is 0 Å². The van der Waals surface area contributed by atoms with E-state index < -0.39 is 0 Å². The fraction of sp³-hybridized carbons (Fsp3) is 0.400. The average molecular weight is 261 g/mol. The van der Waals surface area contributed by atoms with Crippen molar-refractivity contribution in [3.8, 4) is 0 Å². The zero-order valence-corrected chi connectivity index (χ0v) is 11.3. The normalized spacial score (nSPS) is 10.9. The van der Waals surface area contributed by atoms with E-state index in [9.17, 15) is 4.79 Å². The highest BCUT2D eigenvalue weighted by atomic mass is 16.5. The minimum absolute atomic E-state index is 0.0803.